The molecule has 1 heterocycles. The Morgan fingerprint density at radius 1 is 1.36 bits per heavy atom. The molecule has 2 aromatic rings. The third kappa shape index (κ3) is 5.57. The predicted molar refractivity (Wildman–Crippen MR) is 84.1 cm³/mol. The lowest BCUT2D eigenvalue weighted by Crippen LogP contribution is -2.13. The molecule has 0 aliphatic heterocycles. The summed E-state index contributed by atoms with van der Waals surface area (Å²) >= 11 is 7.01. The Labute approximate surface area is 137 Å². The number of hydrogen-bond acceptors (Lipinski definition) is 6. The molecule has 0 bridgehead atoms. The minimum absolute atomic E-state index is 0.122. The van der Waals surface area contributed by atoms with Gasteiger partial charge in [0.15, 0.2) is 5.82 Å². The van der Waals surface area contributed by atoms with E-state index in [2.05, 4.69) is 15.2 Å². The molecule has 118 valence electrons. The van der Waals surface area contributed by atoms with Crippen molar-refractivity contribution in [2.75, 3.05) is 5.75 Å². The number of halogens is 1. The summed E-state index contributed by atoms with van der Waals surface area (Å²) in [5.74, 6) is 1.15. The third-order valence-corrected chi connectivity index (χ3v) is 3.46. The van der Waals surface area contributed by atoms with E-state index in [9.17, 15) is 4.79 Å². The molecule has 0 aliphatic rings. The van der Waals surface area contributed by atoms with E-state index in [1.54, 1.807) is 24.3 Å². The Bertz CT molecular complexity index is 616. The molecule has 0 unspecified atom stereocenters. The summed E-state index contributed by atoms with van der Waals surface area (Å²) < 4.78 is 10.6. The van der Waals surface area contributed by atoms with Gasteiger partial charge in [-0.15, -0.1) is 5.10 Å². The van der Waals surface area contributed by atoms with E-state index in [0.29, 0.717) is 21.8 Å². The molecule has 0 spiro atoms. The zero-order valence-corrected chi connectivity index (χ0v) is 13.8. The first-order valence-electron chi connectivity index (χ1n) is 6.65. The number of carbonyl (C=O) groups is 1. The Morgan fingerprint density at radius 2 is 2.09 bits per heavy atom. The van der Waals surface area contributed by atoms with E-state index < -0.39 is 0 Å². The SMILES string of the molecule is CC(C)OC(=O)CSc1n[nH]c(COc2ccc(Cl)cc2)n1. The van der Waals surface area contributed by atoms with Crippen LogP contribution in [0.4, 0.5) is 0 Å². The van der Waals surface area contributed by atoms with Gasteiger partial charge in [-0.1, -0.05) is 23.4 Å². The zero-order chi connectivity index (χ0) is 15.9. The molecule has 1 N–H and O–H groups in total. The van der Waals surface area contributed by atoms with E-state index in [4.69, 9.17) is 21.1 Å². The fourth-order valence-corrected chi connectivity index (χ4v) is 2.24. The molecule has 8 heteroatoms. The van der Waals surface area contributed by atoms with Crippen molar-refractivity contribution in [3.8, 4) is 5.75 Å². The van der Waals surface area contributed by atoms with E-state index in [-0.39, 0.29) is 24.4 Å². The first kappa shape index (κ1) is 16.6. The van der Waals surface area contributed by atoms with E-state index in [0.717, 1.165) is 0 Å². The highest BCUT2D eigenvalue weighted by Gasteiger charge is 2.10. The molecule has 0 amide bonds. The Kier molecular flexibility index (Phi) is 6.09. The molecule has 2 rings (SSSR count). The van der Waals surface area contributed by atoms with Crippen LogP contribution in [-0.2, 0) is 16.1 Å². The van der Waals surface area contributed by atoms with Gasteiger partial charge in [-0.3, -0.25) is 9.89 Å². The number of aromatic nitrogens is 3. The highest BCUT2D eigenvalue weighted by molar-refractivity contribution is 7.99. The molecule has 22 heavy (non-hydrogen) atoms. The van der Waals surface area contributed by atoms with Crippen LogP contribution in [0.3, 0.4) is 0 Å². The maximum Gasteiger partial charge on any atom is 0.316 e. The monoisotopic (exact) mass is 341 g/mol. The molecule has 0 aliphatic carbocycles. The van der Waals surface area contributed by atoms with Crippen molar-refractivity contribution in [3.05, 3.63) is 35.1 Å². The van der Waals surface area contributed by atoms with E-state index >= 15 is 0 Å². The van der Waals surface area contributed by atoms with Crippen molar-refractivity contribution in [2.45, 2.75) is 31.7 Å². The normalized spacial score (nSPS) is 10.7. The van der Waals surface area contributed by atoms with Gasteiger partial charge in [-0.2, -0.15) is 0 Å². The lowest BCUT2D eigenvalue weighted by atomic mass is 10.3. The van der Waals surface area contributed by atoms with Gasteiger partial charge in [-0.05, 0) is 38.1 Å². The average Bonchev–Trinajstić information content (AvgIpc) is 2.92. The summed E-state index contributed by atoms with van der Waals surface area (Å²) in [5.41, 5.74) is 0. The van der Waals surface area contributed by atoms with Crippen LogP contribution in [-0.4, -0.2) is 33.0 Å². The smallest absolute Gasteiger partial charge is 0.316 e. The molecule has 0 radical (unpaired) electrons. The minimum atomic E-state index is -0.288. The number of rotatable bonds is 7. The Hall–Kier alpha value is -1.73. The summed E-state index contributed by atoms with van der Waals surface area (Å²) in [7, 11) is 0. The second-order valence-electron chi connectivity index (χ2n) is 4.63. The number of ether oxygens (including phenoxy) is 2. The number of nitrogens with one attached hydrogen (secondary N) is 1. The average molecular weight is 342 g/mol. The standard InChI is InChI=1S/C14H16ClN3O3S/c1-9(2)21-13(19)8-22-14-16-12(17-18-14)7-20-11-5-3-10(15)4-6-11/h3-6,9H,7-8H2,1-2H3,(H,16,17,18). The fourth-order valence-electron chi connectivity index (χ4n) is 1.51. The van der Waals surface area contributed by atoms with Crippen molar-refractivity contribution in [3.63, 3.8) is 0 Å². The summed E-state index contributed by atoms with van der Waals surface area (Å²) in [4.78, 5) is 15.7. The van der Waals surface area contributed by atoms with Crippen LogP contribution in [0.1, 0.15) is 19.7 Å². The molecular weight excluding hydrogens is 326 g/mol. The van der Waals surface area contributed by atoms with Gasteiger partial charge in [0, 0.05) is 5.02 Å². The van der Waals surface area contributed by atoms with Crippen molar-refractivity contribution >= 4 is 29.3 Å². The van der Waals surface area contributed by atoms with E-state index in [1.165, 1.54) is 11.8 Å². The van der Waals surface area contributed by atoms with Gasteiger partial charge in [0.25, 0.3) is 0 Å². The number of H-pyrrole nitrogens is 1. The van der Waals surface area contributed by atoms with Crippen molar-refractivity contribution in [2.24, 2.45) is 0 Å². The Balaban J connectivity index is 1.78. The number of esters is 1. The number of hydrogen-bond donors (Lipinski definition) is 1. The maximum absolute atomic E-state index is 11.4. The zero-order valence-electron chi connectivity index (χ0n) is 12.2. The van der Waals surface area contributed by atoms with Crippen molar-refractivity contribution in [1.82, 2.24) is 15.2 Å². The first-order chi connectivity index (χ1) is 10.5. The molecule has 0 saturated heterocycles. The van der Waals surface area contributed by atoms with E-state index in [1.807, 2.05) is 13.8 Å². The number of nitrogens with zero attached hydrogens (tertiary/aromatic N) is 2. The molecular formula is C14H16ClN3O3S. The number of benzene rings is 1. The van der Waals surface area contributed by atoms with Gasteiger partial charge in [0.1, 0.15) is 12.4 Å². The van der Waals surface area contributed by atoms with Gasteiger partial charge in [0.05, 0.1) is 11.9 Å². The summed E-state index contributed by atoms with van der Waals surface area (Å²) in [5, 5.41) is 7.91. The van der Waals surface area contributed by atoms with Gasteiger partial charge in [0.2, 0.25) is 5.16 Å². The number of thioether (sulfide) groups is 1. The predicted octanol–water partition coefficient (Wildman–Crippen LogP) is 3.08. The van der Waals surface area contributed by atoms with Crippen LogP contribution in [0.15, 0.2) is 29.4 Å². The minimum Gasteiger partial charge on any atom is -0.486 e. The molecule has 0 fully saturated rings. The summed E-state index contributed by atoms with van der Waals surface area (Å²) in [6.45, 7) is 3.87. The van der Waals surface area contributed by atoms with Crippen molar-refractivity contribution < 1.29 is 14.3 Å². The second kappa shape index (κ2) is 8.05. The highest BCUT2D eigenvalue weighted by atomic mass is 35.5. The van der Waals surface area contributed by atoms with Crippen molar-refractivity contribution in [1.29, 1.82) is 0 Å². The fraction of sp³-hybridized carbons (Fsp3) is 0.357. The van der Waals surface area contributed by atoms with Gasteiger partial charge in [-0.25, -0.2) is 4.98 Å². The third-order valence-electron chi connectivity index (χ3n) is 2.39. The molecule has 1 aromatic heterocycles. The second-order valence-corrected chi connectivity index (χ2v) is 6.01. The van der Waals surface area contributed by atoms with Crippen LogP contribution in [0.5, 0.6) is 5.75 Å². The number of aromatic amines is 1. The molecule has 0 saturated carbocycles. The topological polar surface area (TPSA) is 77.1 Å². The summed E-state index contributed by atoms with van der Waals surface area (Å²) in [6, 6.07) is 7.05. The first-order valence-corrected chi connectivity index (χ1v) is 8.01. The summed E-state index contributed by atoms with van der Waals surface area (Å²) in [6.07, 6.45) is -0.122. The highest BCUT2D eigenvalue weighted by Crippen LogP contribution is 2.17. The van der Waals surface area contributed by atoms with Crippen LogP contribution in [0.25, 0.3) is 0 Å². The molecule has 6 nitrogen and oxygen atoms in total. The van der Waals surface area contributed by atoms with Crippen LogP contribution < -0.4 is 4.74 Å². The van der Waals surface area contributed by atoms with Crippen LogP contribution in [0, 0.1) is 0 Å². The molecule has 0 atom stereocenters. The quantitative estimate of drug-likeness (QED) is 0.616. The number of carbonyl (C=O) groups excluding carboxylic acids is 1. The Morgan fingerprint density at radius 3 is 2.77 bits per heavy atom. The largest absolute Gasteiger partial charge is 0.486 e. The van der Waals surface area contributed by atoms with Crippen LogP contribution in [0.2, 0.25) is 5.02 Å². The lowest BCUT2D eigenvalue weighted by Gasteiger charge is -2.05. The lowest BCUT2D eigenvalue weighted by molar-refractivity contribution is -0.144. The van der Waals surface area contributed by atoms with Crippen LogP contribution >= 0.6 is 23.4 Å². The van der Waals surface area contributed by atoms with Gasteiger partial charge >= 0.3 is 5.97 Å². The molecule has 1 aromatic carbocycles. The van der Waals surface area contributed by atoms with Gasteiger partial charge < -0.3 is 9.47 Å². The maximum atomic E-state index is 11.4.